The molecule has 0 saturated carbocycles. The number of ether oxygens (including phenoxy) is 1. The lowest BCUT2D eigenvalue weighted by Gasteiger charge is -2.43. The Morgan fingerprint density at radius 2 is 2.04 bits per heavy atom. The third-order valence-electron chi connectivity index (χ3n) is 4.83. The van der Waals surface area contributed by atoms with E-state index in [9.17, 15) is 9.90 Å². The molecule has 1 aliphatic rings. The number of aliphatic hydroxyl groups excluding tert-OH is 1. The molecule has 2 aromatic carbocycles. The summed E-state index contributed by atoms with van der Waals surface area (Å²) in [6.07, 6.45) is -0.109. The van der Waals surface area contributed by atoms with E-state index in [1.807, 2.05) is 49.4 Å². The first-order valence-corrected chi connectivity index (χ1v) is 8.48. The molecule has 0 aliphatic carbocycles. The molecule has 0 spiro atoms. The maximum Gasteiger partial charge on any atom is 0.255 e. The SMILES string of the molecule is COc1cc(C)ccc1C(=O)N[C@@]1(c2ccccc2)CCNC[C@H]1O. The number of benzene rings is 2. The lowest BCUT2D eigenvalue weighted by molar-refractivity contribution is 0.0289. The molecule has 132 valence electrons. The second kappa shape index (κ2) is 7.25. The van der Waals surface area contributed by atoms with Crippen LogP contribution in [0.2, 0.25) is 0 Å². The number of carbonyl (C=O) groups excluding carboxylic acids is 1. The van der Waals surface area contributed by atoms with Crippen molar-refractivity contribution in [3.63, 3.8) is 0 Å². The van der Waals surface area contributed by atoms with Crippen molar-refractivity contribution in [3.05, 3.63) is 65.2 Å². The van der Waals surface area contributed by atoms with E-state index in [0.29, 0.717) is 24.3 Å². The molecule has 0 aromatic heterocycles. The van der Waals surface area contributed by atoms with Crippen LogP contribution in [-0.2, 0) is 5.54 Å². The maximum absolute atomic E-state index is 13.0. The summed E-state index contributed by atoms with van der Waals surface area (Å²) in [5.41, 5.74) is 1.57. The number of piperidine rings is 1. The van der Waals surface area contributed by atoms with E-state index in [-0.39, 0.29) is 5.91 Å². The van der Waals surface area contributed by atoms with Crippen molar-refractivity contribution in [2.75, 3.05) is 20.2 Å². The summed E-state index contributed by atoms with van der Waals surface area (Å²) in [5, 5.41) is 17.0. The van der Waals surface area contributed by atoms with E-state index >= 15 is 0 Å². The zero-order valence-corrected chi connectivity index (χ0v) is 14.6. The Morgan fingerprint density at radius 1 is 1.28 bits per heavy atom. The summed E-state index contributed by atoms with van der Waals surface area (Å²) in [6, 6.07) is 15.1. The van der Waals surface area contributed by atoms with Crippen LogP contribution in [0.15, 0.2) is 48.5 Å². The highest BCUT2D eigenvalue weighted by molar-refractivity contribution is 5.97. The van der Waals surface area contributed by atoms with E-state index in [1.165, 1.54) is 0 Å². The van der Waals surface area contributed by atoms with E-state index in [4.69, 9.17) is 4.74 Å². The Labute approximate surface area is 148 Å². The fourth-order valence-electron chi connectivity index (χ4n) is 3.41. The maximum atomic E-state index is 13.0. The first-order valence-electron chi connectivity index (χ1n) is 8.48. The van der Waals surface area contributed by atoms with Crippen LogP contribution in [0, 0.1) is 6.92 Å². The first kappa shape index (κ1) is 17.5. The van der Waals surface area contributed by atoms with Gasteiger partial charge in [0.25, 0.3) is 5.91 Å². The van der Waals surface area contributed by atoms with Crippen LogP contribution in [0.1, 0.15) is 27.9 Å². The molecular weight excluding hydrogens is 316 g/mol. The Morgan fingerprint density at radius 3 is 2.72 bits per heavy atom. The van der Waals surface area contributed by atoms with Gasteiger partial charge in [-0.1, -0.05) is 36.4 Å². The number of nitrogens with one attached hydrogen (secondary N) is 2. The average Bonchev–Trinajstić information content (AvgIpc) is 2.64. The van der Waals surface area contributed by atoms with Gasteiger partial charge in [0.05, 0.1) is 24.3 Å². The molecule has 2 atom stereocenters. The number of aliphatic hydroxyl groups is 1. The number of rotatable bonds is 4. The molecule has 1 saturated heterocycles. The fourth-order valence-corrected chi connectivity index (χ4v) is 3.41. The molecule has 1 fully saturated rings. The van der Waals surface area contributed by atoms with Crippen LogP contribution >= 0.6 is 0 Å². The van der Waals surface area contributed by atoms with Crippen molar-refractivity contribution in [1.29, 1.82) is 0 Å². The van der Waals surface area contributed by atoms with Gasteiger partial charge >= 0.3 is 0 Å². The highest BCUT2D eigenvalue weighted by Crippen LogP contribution is 2.32. The van der Waals surface area contributed by atoms with E-state index in [0.717, 1.165) is 17.7 Å². The number of amides is 1. The molecule has 3 N–H and O–H groups in total. The zero-order valence-electron chi connectivity index (χ0n) is 14.6. The standard InChI is InChI=1S/C20H24N2O3/c1-14-8-9-16(17(12-14)25-2)19(24)22-20(10-11-21-13-18(20)23)15-6-4-3-5-7-15/h3-9,12,18,21,23H,10-11,13H2,1-2H3,(H,22,24)/t18-,20-/m1/s1. The van der Waals surface area contributed by atoms with E-state index in [2.05, 4.69) is 10.6 Å². The van der Waals surface area contributed by atoms with Crippen molar-refractivity contribution < 1.29 is 14.6 Å². The van der Waals surface area contributed by atoms with Gasteiger partial charge in [0, 0.05) is 6.54 Å². The minimum atomic E-state index is -0.820. The molecule has 1 aliphatic heterocycles. The molecule has 0 radical (unpaired) electrons. The van der Waals surface area contributed by atoms with Gasteiger partial charge in [-0.3, -0.25) is 4.79 Å². The Bertz CT molecular complexity index is 748. The molecule has 1 heterocycles. The predicted octanol–water partition coefficient (Wildman–Crippen LogP) is 1.98. The molecule has 3 rings (SSSR count). The first-order chi connectivity index (χ1) is 12.1. The summed E-state index contributed by atoms with van der Waals surface area (Å²) in [5.74, 6) is 0.283. The normalized spacial score (nSPS) is 23.1. The third kappa shape index (κ3) is 3.38. The molecule has 0 unspecified atom stereocenters. The summed E-state index contributed by atoms with van der Waals surface area (Å²) in [4.78, 5) is 13.0. The Kier molecular flexibility index (Phi) is 5.06. The average molecular weight is 340 g/mol. The molecular formula is C20H24N2O3. The third-order valence-corrected chi connectivity index (χ3v) is 4.83. The number of carbonyl (C=O) groups is 1. The summed E-state index contributed by atoms with van der Waals surface area (Å²) in [6.45, 7) is 3.10. The van der Waals surface area contributed by atoms with E-state index in [1.54, 1.807) is 13.2 Å². The van der Waals surface area contributed by atoms with Gasteiger partial charge < -0.3 is 20.5 Å². The van der Waals surface area contributed by atoms with Crippen molar-refractivity contribution in [2.45, 2.75) is 25.0 Å². The molecule has 2 aromatic rings. The Balaban J connectivity index is 1.97. The monoisotopic (exact) mass is 340 g/mol. The number of methoxy groups -OCH3 is 1. The van der Waals surface area contributed by atoms with Gasteiger partial charge in [-0.2, -0.15) is 0 Å². The van der Waals surface area contributed by atoms with Crippen LogP contribution in [0.5, 0.6) is 5.75 Å². The molecule has 0 bridgehead atoms. The lowest BCUT2D eigenvalue weighted by atomic mass is 9.79. The largest absolute Gasteiger partial charge is 0.496 e. The molecule has 5 heteroatoms. The van der Waals surface area contributed by atoms with Gasteiger partial charge in [-0.15, -0.1) is 0 Å². The summed E-state index contributed by atoms with van der Waals surface area (Å²) in [7, 11) is 1.55. The minimum Gasteiger partial charge on any atom is -0.496 e. The lowest BCUT2D eigenvalue weighted by Crippen LogP contribution is -2.61. The highest BCUT2D eigenvalue weighted by Gasteiger charge is 2.43. The number of hydrogen-bond acceptors (Lipinski definition) is 4. The van der Waals surface area contributed by atoms with Crippen molar-refractivity contribution in [2.24, 2.45) is 0 Å². The molecule has 1 amide bonds. The number of β-amino-alcohol motifs (C(OH)–C–C–N with tert-alkyl or cyclic N) is 1. The van der Waals surface area contributed by atoms with Crippen LogP contribution in [0.4, 0.5) is 0 Å². The second-order valence-corrected chi connectivity index (χ2v) is 6.47. The van der Waals surface area contributed by atoms with Gasteiger partial charge in [0.15, 0.2) is 0 Å². The van der Waals surface area contributed by atoms with E-state index < -0.39 is 11.6 Å². The number of hydrogen-bond donors (Lipinski definition) is 3. The molecule has 5 nitrogen and oxygen atoms in total. The van der Waals surface area contributed by atoms with Crippen molar-refractivity contribution in [3.8, 4) is 5.75 Å². The van der Waals surface area contributed by atoms with Crippen LogP contribution < -0.4 is 15.4 Å². The quantitative estimate of drug-likeness (QED) is 0.796. The smallest absolute Gasteiger partial charge is 0.255 e. The second-order valence-electron chi connectivity index (χ2n) is 6.47. The summed E-state index contributed by atoms with van der Waals surface area (Å²) >= 11 is 0. The van der Waals surface area contributed by atoms with Crippen molar-refractivity contribution >= 4 is 5.91 Å². The van der Waals surface area contributed by atoms with Crippen LogP contribution in [-0.4, -0.2) is 37.3 Å². The number of aryl methyl sites for hydroxylation is 1. The zero-order chi connectivity index (χ0) is 17.9. The van der Waals surface area contributed by atoms with Gasteiger partial charge in [0.1, 0.15) is 5.75 Å². The highest BCUT2D eigenvalue weighted by atomic mass is 16.5. The minimum absolute atomic E-state index is 0.248. The van der Waals surface area contributed by atoms with Gasteiger partial charge in [0.2, 0.25) is 0 Å². The van der Waals surface area contributed by atoms with Crippen LogP contribution in [0.3, 0.4) is 0 Å². The van der Waals surface area contributed by atoms with Crippen LogP contribution in [0.25, 0.3) is 0 Å². The summed E-state index contributed by atoms with van der Waals surface area (Å²) < 4.78 is 5.37. The Hall–Kier alpha value is -2.37. The molecule has 25 heavy (non-hydrogen) atoms. The predicted molar refractivity (Wildman–Crippen MR) is 96.8 cm³/mol. The van der Waals surface area contributed by atoms with Gasteiger partial charge in [-0.05, 0) is 43.1 Å². The topological polar surface area (TPSA) is 70.6 Å². The fraction of sp³-hybridized carbons (Fsp3) is 0.350. The van der Waals surface area contributed by atoms with Gasteiger partial charge in [-0.25, -0.2) is 0 Å². The van der Waals surface area contributed by atoms with Crippen molar-refractivity contribution in [1.82, 2.24) is 10.6 Å².